The first kappa shape index (κ1) is 19.0. The first-order valence-electron chi connectivity index (χ1n) is 8.94. The summed E-state index contributed by atoms with van der Waals surface area (Å²) < 4.78 is 26.0. The number of benzene rings is 3. The van der Waals surface area contributed by atoms with Crippen LogP contribution in [0.25, 0.3) is 28.2 Å². The number of halogens is 2. The molecule has 1 aromatic heterocycles. The molecule has 0 bridgehead atoms. The van der Waals surface area contributed by atoms with E-state index in [0.29, 0.717) is 22.1 Å². The summed E-state index contributed by atoms with van der Waals surface area (Å²) in [4.78, 5) is 0. The van der Waals surface area contributed by atoms with Crippen molar-refractivity contribution in [2.45, 2.75) is 0 Å². The summed E-state index contributed by atoms with van der Waals surface area (Å²) >= 11 is 6.80. The topological polar surface area (TPSA) is 36.3 Å². The zero-order valence-corrected chi connectivity index (χ0v) is 16.7. The Bertz CT molecular complexity index is 1140. The Kier molecular flexibility index (Phi) is 5.23. The largest absolute Gasteiger partial charge is 0.497 e. The molecule has 4 nitrogen and oxygen atoms in total. The van der Waals surface area contributed by atoms with Crippen molar-refractivity contribution in [2.75, 3.05) is 14.2 Å². The molecule has 0 aliphatic carbocycles. The lowest BCUT2D eigenvalue weighted by atomic mass is 10.1. The Morgan fingerprint density at radius 2 is 1.41 bits per heavy atom. The fourth-order valence-corrected chi connectivity index (χ4v) is 3.46. The third-order valence-electron chi connectivity index (χ3n) is 4.61. The highest BCUT2D eigenvalue weighted by Crippen LogP contribution is 2.38. The maximum atomic E-state index is 13.9. The fourth-order valence-electron chi connectivity index (χ4n) is 3.12. The van der Waals surface area contributed by atoms with Gasteiger partial charge < -0.3 is 9.47 Å². The molecule has 0 unspecified atom stereocenters. The van der Waals surface area contributed by atoms with E-state index < -0.39 is 0 Å². The smallest absolute Gasteiger partial charge is 0.125 e. The minimum Gasteiger partial charge on any atom is -0.497 e. The molecule has 0 aliphatic rings. The minimum atomic E-state index is -0.346. The number of ether oxygens (including phenoxy) is 2. The SMILES string of the molecule is COc1ccc(-c2nn(-c3cccc(F)c3)c(-c3ccc(OC)cc3)c2Cl)cc1. The first-order valence-corrected chi connectivity index (χ1v) is 9.32. The van der Waals surface area contributed by atoms with Crippen molar-refractivity contribution in [3.8, 4) is 39.7 Å². The van der Waals surface area contributed by atoms with Gasteiger partial charge in [-0.15, -0.1) is 0 Å². The van der Waals surface area contributed by atoms with E-state index in [1.807, 2.05) is 48.5 Å². The maximum absolute atomic E-state index is 13.9. The molecule has 0 radical (unpaired) electrons. The second kappa shape index (κ2) is 7.97. The van der Waals surface area contributed by atoms with Gasteiger partial charge in [0, 0.05) is 11.1 Å². The van der Waals surface area contributed by atoms with E-state index in [0.717, 1.165) is 22.6 Å². The number of hydrogen-bond acceptors (Lipinski definition) is 3. The number of hydrogen-bond donors (Lipinski definition) is 0. The second-order valence-electron chi connectivity index (χ2n) is 6.36. The Labute approximate surface area is 173 Å². The van der Waals surface area contributed by atoms with E-state index >= 15 is 0 Å². The summed E-state index contributed by atoms with van der Waals surface area (Å²) in [6.07, 6.45) is 0. The maximum Gasteiger partial charge on any atom is 0.125 e. The standard InChI is InChI=1S/C23H18ClFN2O2/c1-28-19-10-6-15(7-11-19)22-21(24)23(16-8-12-20(29-2)13-9-16)27(26-22)18-5-3-4-17(25)14-18/h3-14H,1-2H3. The minimum absolute atomic E-state index is 0.346. The molecule has 0 aliphatic heterocycles. The van der Waals surface area contributed by atoms with Crippen molar-refractivity contribution in [1.82, 2.24) is 9.78 Å². The van der Waals surface area contributed by atoms with E-state index in [-0.39, 0.29) is 5.82 Å². The molecule has 146 valence electrons. The van der Waals surface area contributed by atoms with Crippen LogP contribution in [0.2, 0.25) is 5.02 Å². The number of nitrogens with zero attached hydrogens (tertiary/aromatic N) is 2. The lowest BCUT2D eigenvalue weighted by Crippen LogP contribution is -2.00. The van der Waals surface area contributed by atoms with Crippen LogP contribution in [0.3, 0.4) is 0 Å². The van der Waals surface area contributed by atoms with Crippen LogP contribution in [0.1, 0.15) is 0 Å². The van der Waals surface area contributed by atoms with Crippen LogP contribution >= 0.6 is 11.6 Å². The summed E-state index contributed by atoms with van der Waals surface area (Å²) in [6, 6.07) is 21.2. The third kappa shape index (κ3) is 3.69. The second-order valence-corrected chi connectivity index (χ2v) is 6.74. The molecule has 6 heteroatoms. The van der Waals surface area contributed by atoms with Gasteiger partial charge in [-0.1, -0.05) is 17.7 Å². The van der Waals surface area contributed by atoms with Crippen LogP contribution in [-0.4, -0.2) is 24.0 Å². The van der Waals surface area contributed by atoms with Crippen molar-refractivity contribution >= 4 is 11.6 Å². The predicted octanol–water partition coefficient (Wildman–Crippen LogP) is 6.02. The fraction of sp³-hybridized carbons (Fsp3) is 0.0870. The first-order chi connectivity index (χ1) is 14.1. The molecule has 0 saturated heterocycles. The van der Waals surface area contributed by atoms with Gasteiger partial charge in [0.05, 0.1) is 30.6 Å². The molecular formula is C23H18ClFN2O2. The number of rotatable bonds is 5. The van der Waals surface area contributed by atoms with Crippen LogP contribution in [0, 0.1) is 5.82 Å². The molecule has 0 spiro atoms. The molecule has 0 amide bonds. The zero-order valence-electron chi connectivity index (χ0n) is 15.9. The molecule has 0 fully saturated rings. The molecule has 0 atom stereocenters. The highest BCUT2D eigenvalue weighted by molar-refractivity contribution is 6.35. The van der Waals surface area contributed by atoms with Gasteiger partial charge in [0.1, 0.15) is 23.0 Å². The average Bonchev–Trinajstić information content (AvgIpc) is 3.11. The summed E-state index contributed by atoms with van der Waals surface area (Å²) in [5.74, 6) is 1.13. The van der Waals surface area contributed by atoms with Crippen molar-refractivity contribution in [3.05, 3.63) is 83.6 Å². The average molecular weight is 409 g/mol. The Morgan fingerprint density at radius 1 is 0.828 bits per heavy atom. The Hall–Kier alpha value is -3.31. The number of methoxy groups -OCH3 is 2. The van der Waals surface area contributed by atoms with Gasteiger partial charge in [-0.2, -0.15) is 5.10 Å². The molecule has 1 heterocycles. The van der Waals surface area contributed by atoms with Gasteiger partial charge in [0.15, 0.2) is 0 Å². The van der Waals surface area contributed by atoms with Crippen molar-refractivity contribution in [1.29, 1.82) is 0 Å². The molecule has 4 rings (SSSR count). The van der Waals surface area contributed by atoms with E-state index in [1.165, 1.54) is 12.1 Å². The lowest BCUT2D eigenvalue weighted by Gasteiger charge is -2.09. The summed E-state index contributed by atoms with van der Waals surface area (Å²) in [6.45, 7) is 0. The highest BCUT2D eigenvalue weighted by atomic mass is 35.5. The Morgan fingerprint density at radius 3 is 1.97 bits per heavy atom. The quantitative estimate of drug-likeness (QED) is 0.405. The van der Waals surface area contributed by atoms with Gasteiger partial charge in [0.2, 0.25) is 0 Å². The van der Waals surface area contributed by atoms with E-state index in [2.05, 4.69) is 0 Å². The van der Waals surface area contributed by atoms with Crippen LogP contribution in [0.5, 0.6) is 11.5 Å². The van der Waals surface area contributed by atoms with Crippen LogP contribution in [0.4, 0.5) is 4.39 Å². The summed E-state index contributed by atoms with van der Waals surface area (Å²) in [7, 11) is 3.23. The van der Waals surface area contributed by atoms with Crippen LogP contribution in [0.15, 0.2) is 72.8 Å². The summed E-state index contributed by atoms with van der Waals surface area (Å²) in [5.41, 5.74) is 3.53. The van der Waals surface area contributed by atoms with Gasteiger partial charge in [-0.25, -0.2) is 9.07 Å². The normalized spacial score (nSPS) is 10.8. The summed E-state index contributed by atoms with van der Waals surface area (Å²) in [5, 5.41) is 5.19. The van der Waals surface area contributed by atoms with Crippen LogP contribution < -0.4 is 9.47 Å². The molecule has 29 heavy (non-hydrogen) atoms. The van der Waals surface area contributed by atoms with Crippen molar-refractivity contribution in [3.63, 3.8) is 0 Å². The van der Waals surface area contributed by atoms with Gasteiger partial charge in [-0.05, 0) is 66.7 Å². The molecule has 3 aromatic carbocycles. The van der Waals surface area contributed by atoms with Gasteiger partial charge in [0.25, 0.3) is 0 Å². The monoisotopic (exact) mass is 408 g/mol. The number of aromatic nitrogens is 2. The van der Waals surface area contributed by atoms with Gasteiger partial charge >= 0.3 is 0 Å². The molecular weight excluding hydrogens is 391 g/mol. The van der Waals surface area contributed by atoms with Gasteiger partial charge in [-0.3, -0.25) is 0 Å². The van der Waals surface area contributed by atoms with E-state index in [4.69, 9.17) is 26.2 Å². The van der Waals surface area contributed by atoms with Crippen molar-refractivity contribution in [2.24, 2.45) is 0 Å². The van der Waals surface area contributed by atoms with Crippen molar-refractivity contribution < 1.29 is 13.9 Å². The molecule has 4 aromatic rings. The van der Waals surface area contributed by atoms with E-state index in [9.17, 15) is 4.39 Å². The molecule has 0 N–H and O–H groups in total. The predicted molar refractivity (Wildman–Crippen MR) is 113 cm³/mol. The van der Waals surface area contributed by atoms with E-state index in [1.54, 1.807) is 31.0 Å². The lowest BCUT2D eigenvalue weighted by molar-refractivity contribution is 0.414. The third-order valence-corrected chi connectivity index (χ3v) is 4.97. The zero-order chi connectivity index (χ0) is 20.4. The Balaban J connectivity index is 1.92. The van der Waals surface area contributed by atoms with Crippen LogP contribution in [-0.2, 0) is 0 Å². The highest BCUT2D eigenvalue weighted by Gasteiger charge is 2.20. The molecule has 0 saturated carbocycles.